The highest BCUT2D eigenvalue weighted by Gasteiger charge is 2.34. The molecule has 3 aromatic carbocycles. The number of ether oxygens (including phenoxy) is 1. The van der Waals surface area contributed by atoms with Gasteiger partial charge in [-0.05, 0) is 74.7 Å². The lowest BCUT2D eigenvalue weighted by Crippen LogP contribution is -2.38. The average Bonchev–Trinajstić information content (AvgIpc) is 3.00. The molecular formula is C28H27Cl2N3O4. The highest BCUT2D eigenvalue weighted by atomic mass is 35.5. The molecule has 1 heterocycles. The molecule has 0 fully saturated rings. The number of rotatable bonds is 6. The predicted octanol–water partition coefficient (Wildman–Crippen LogP) is 6.04. The first kappa shape index (κ1) is 26.5. The van der Waals surface area contributed by atoms with Gasteiger partial charge in [0.05, 0.1) is 28.7 Å². The molecule has 0 bridgehead atoms. The summed E-state index contributed by atoms with van der Waals surface area (Å²) in [6, 6.07) is 16.5. The largest absolute Gasteiger partial charge is 0.493 e. The van der Waals surface area contributed by atoms with E-state index in [1.165, 1.54) is 0 Å². The molecule has 0 radical (unpaired) electrons. The van der Waals surface area contributed by atoms with Gasteiger partial charge in [-0.3, -0.25) is 14.4 Å². The number of benzene rings is 3. The summed E-state index contributed by atoms with van der Waals surface area (Å²) in [6.07, 6.45) is 1.07. The summed E-state index contributed by atoms with van der Waals surface area (Å²) in [5.74, 6) is -1.37. The van der Waals surface area contributed by atoms with Crippen LogP contribution in [0.1, 0.15) is 58.9 Å². The number of hydrogen-bond donors (Lipinski definition) is 2. The summed E-state index contributed by atoms with van der Waals surface area (Å²) in [4.78, 5) is 40.6. The zero-order valence-electron chi connectivity index (χ0n) is 20.5. The SMILES string of the molecule is CCOc1cc(NC(=O)c2ccccc2Cl)ccc1C(=O)N1c2ccc(Cl)cc2C(C(N)=O)CCC1C. The van der Waals surface area contributed by atoms with Crippen molar-refractivity contribution >= 4 is 52.3 Å². The normalized spacial score (nSPS) is 16.9. The molecule has 3 N–H and O–H groups in total. The average molecular weight is 540 g/mol. The second-order valence-corrected chi connectivity index (χ2v) is 9.68. The minimum Gasteiger partial charge on any atom is -0.493 e. The lowest BCUT2D eigenvalue weighted by molar-refractivity contribution is -0.119. The molecular weight excluding hydrogens is 513 g/mol. The van der Waals surface area contributed by atoms with Gasteiger partial charge in [-0.1, -0.05) is 35.3 Å². The summed E-state index contributed by atoms with van der Waals surface area (Å²) in [5, 5.41) is 3.60. The number of carbonyl (C=O) groups is 3. The van der Waals surface area contributed by atoms with Gasteiger partial charge >= 0.3 is 0 Å². The molecule has 3 amide bonds. The summed E-state index contributed by atoms with van der Waals surface area (Å²) in [5.41, 5.74) is 8.02. The van der Waals surface area contributed by atoms with Gasteiger partial charge in [0.25, 0.3) is 11.8 Å². The maximum atomic E-state index is 14.0. The Morgan fingerprint density at radius 2 is 1.78 bits per heavy atom. The first-order chi connectivity index (χ1) is 17.7. The van der Waals surface area contributed by atoms with Crippen molar-refractivity contribution in [3.8, 4) is 5.75 Å². The van der Waals surface area contributed by atoms with Crippen molar-refractivity contribution in [2.75, 3.05) is 16.8 Å². The van der Waals surface area contributed by atoms with Crippen molar-refractivity contribution < 1.29 is 19.1 Å². The molecule has 1 aliphatic heterocycles. The van der Waals surface area contributed by atoms with Crippen molar-refractivity contribution in [1.29, 1.82) is 0 Å². The highest BCUT2D eigenvalue weighted by Crippen LogP contribution is 2.40. The van der Waals surface area contributed by atoms with Gasteiger partial charge < -0.3 is 20.7 Å². The van der Waals surface area contributed by atoms with Crippen molar-refractivity contribution in [2.45, 2.75) is 38.6 Å². The molecule has 4 rings (SSSR count). The summed E-state index contributed by atoms with van der Waals surface area (Å²) < 4.78 is 5.81. The maximum absolute atomic E-state index is 14.0. The van der Waals surface area contributed by atoms with Crippen LogP contribution in [0.25, 0.3) is 0 Å². The first-order valence-electron chi connectivity index (χ1n) is 12.0. The lowest BCUT2D eigenvalue weighted by atomic mass is 9.93. The highest BCUT2D eigenvalue weighted by molar-refractivity contribution is 6.34. The van der Waals surface area contributed by atoms with E-state index in [4.69, 9.17) is 33.7 Å². The van der Waals surface area contributed by atoms with Crippen LogP contribution in [0.15, 0.2) is 60.7 Å². The molecule has 7 nitrogen and oxygen atoms in total. The Morgan fingerprint density at radius 1 is 1.03 bits per heavy atom. The number of halogens is 2. The monoisotopic (exact) mass is 539 g/mol. The van der Waals surface area contributed by atoms with Gasteiger partial charge in [-0.2, -0.15) is 0 Å². The Balaban J connectivity index is 1.71. The number of amides is 3. The van der Waals surface area contributed by atoms with E-state index in [2.05, 4.69) is 5.32 Å². The molecule has 0 spiro atoms. The number of anilines is 2. The van der Waals surface area contributed by atoms with Gasteiger partial charge in [0.2, 0.25) is 5.91 Å². The van der Waals surface area contributed by atoms with Crippen LogP contribution in [0.2, 0.25) is 10.0 Å². The van der Waals surface area contributed by atoms with Crippen LogP contribution >= 0.6 is 23.2 Å². The fourth-order valence-corrected chi connectivity index (χ4v) is 4.99. The standard InChI is InChI=1S/C28H27Cl2N3O4/c1-3-37-25-15-18(32-27(35)20-6-4-5-7-23(20)30)10-12-21(25)28(36)33-16(2)8-11-19(26(31)34)22-14-17(29)9-13-24(22)33/h4-7,9-10,12-16,19H,3,8,11H2,1-2H3,(H2,31,34)(H,32,35). The topological polar surface area (TPSA) is 102 Å². The zero-order valence-corrected chi connectivity index (χ0v) is 22.0. The van der Waals surface area contributed by atoms with E-state index in [0.717, 1.165) is 0 Å². The zero-order chi connectivity index (χ0) is 26.7. The van der Waals surface area contributed by atoms with Gasteiger partial charge in [0.15, 0.2) is 0 Å². The van der Waals surface area contributed by atoms with Crippen LogP contribution in [0.3, 0.4) is 0 Å². The van der Waals surface area contributed by atoms with E-state index in [9.17, 15) is 14.4 Å². The fraction of sp³-hybridized carbons (Fsp3) is 0.250. The third-order valence-electron chi connectivity index (χ3n) is 6.39. The molecule has 2 atom stereocenters. The van der Waals surface area contributed by atoms with Crippen molar-refractivity contribution in [2.24, 2.45) is 5.73 Å². The van der Waals surface area contributed by atoms with Gasteiger partial charge in [-0.25, -0.2) is 0 Å². The fourth-order valence-electron chi connectivity index (χ4n) is 4.58. The van der Waals surface area contributed by atoms with E-state index >= 15 is 0 Å². The molecule has 37 heavy (non-hydrogen) atoms. The van der Waals surface area contributed by atoms with E-state index in [0.29, 0.717) is 63.3 Å². The molecule has 0 aliphatic carbocycles. The quantitative estimate of drug-likeness (QED) is 0.398. The van der Waals surface area contributed by atoms with E-state index in [1.807, 2.05) is 13.8 Å². The van der Waals surface area contributed by atoms with Crippen molar-refractivity contribution in [1.82, 2.24) is 0 Å². The van der Waals surface area contributed by atoms with Crippen LogP contribution < -0.4 is 20.7 Å². The molecule has 9 heteroatoms. The number of hydrogen-bond acceptors (Lipinski definition) is 4. The summed E-state index contributed by atoms with van der Waals surface area (Å²) in [6.45, 7) is 4.05. The second kappa shape index (κ2) is 11.2. The first-order valence-corrected chi connectivity index (χ1v) is 12.7. The number of primary amides is 1. The molecule has 3 aromatic rings. The minimum absolute atomic E-state index is 0.217. The van der Waals surface area contributed by atoms with E-state index in [-0.39, 0.29) is 17.9 Å². The summed E-state index contributed by atoms with van der Waals surface area (Å²) >= 11 is 12.4. The minimum atomic E-state index is -0.553. The Hall–Kier alpha value is -3.55. The van der Waals surface area contributed by atoms with E-state index in [1.54, 1.807) is 65.6 Å². The smallest absolute Gasteiger partial charge is 0.262 e. The summed E-state index contributed by atoms with van der Waals surface area (Å²) in [7, 11) is 0. The third-order valence-corrected chi connectivity index (χ3v) is 6.95. The van der Waals surface area contributed by atoms with Crippen LogP contribution in [-0.2, 0) is 4.79 Å². The van der Waals surface area contributed by atoms with Gasteiger partial charge in [0.1, 0.15) is 5.75 Å². The van der Waals surface area contributed by atoms with Gasteiger partial charge in [-0.15, -0.1) is 0 Å². The number of nitrogens with two attached hydrogens (primary N) is 1. The van der Waals surface area contributed by atoms with Crippen LogP contribution in [0.5, 0.6) is 5.75 Å². The molecule has 1 aliphatic rings. The Labute approximate surface area is 225 Å². The Kier molecular flexibility index (Phi) is 8.05. The van der Waals surface area contributed by atoms with Crippen LogP contribution in [0, 0.1) is 0 Å². The van der Waals surface area contributed by atoms with Crippen LogP contribution in [0.4, 0.5) is 11.4 Å². The molecule has 0 saturated carbocycles. The predicted molar refractivity (Wildman–Crippen MR) is 146 cm³/mol. The third kappa shape index (κ3) is 5.58. The maximum Gasteiger partial charge on any atom is 0.262 e. The van der Waals surface area contributed by atoms with E-state index < -0.39 is 11.8 Å². The number of nitrogens with zero attached hydrogens (tertiary/aromatic N) is 1. The van der Waals surface area contributed by atoms with Gasteiger partial charge in [0, 0.05) is 28.5 Å². The lowest BCUT2D eigenvalue weighted by Gasteiger charge is -2.30. The number of carbonyl (C=O) groups excluding carboxylic acids is 3. The van der Waals surface area contributed by atoms with Crippen molar-refractivity contribution in [3.05, 3.63) is 87.4 Å². The Morgan fingerprint density at radius 3 is 2.49 bits per heavy atom. The van der Waals surface area contributed by atoms with Crippen LogP contribution in [-0.4, -0.2) is 30.4 Å². The Bertz CT molecular complexity index is 1360. The molecule has 0 saturated heterocycles. The molecule has 192 valence electrons. The molecule has 2 unspecified atom stereocenters. The van der Waals surface area contributed by atoms with Crippen molar-refractivity contribution in [3.63, 3.8) is 0 Å². The number of fused-ring (bicyclic) bond motifs is 1. The molecule has 0 aromatic heterocycles. The second-order valence-electron chi connectivity index (χ2n) is 8.84. The number of nitrogens with one attached hydrogen (secondary N) is 1.